The highest BCUT2D eigenvalue weighted by Crippen LogP contribution is 2.25. The van der Waals surface area contributed by atoms with Crippen LogP contribution in [0, 0.1) is 6.92 Å². The van der Waals surface area contributed by atoms with Gasteiger partial charge < -0.3 is 19.1 Å². The molecule has 7 nitrogen and oxygen atoms in total. The Morgan fingerprint density at radius 2 is 1.81 bits per heavy atom. The summed E-state index contributed by atoms with van der Waals surface area (Å²) in [5.74, 6) is 0. The third-order valence-electron chi connectivity index (χ3n) is 4.84. The number of piperazine rings is 1. The Morgan fingerprint density at radius 3 is 2.44 bits per heavy atom. The Hall–Kier alpha value is -2.42. The zero-order valence-corrected chi connectivity index (χ0v) is 20.4. The predicted molar refractivity (Wildman–Crippen MR) is 130 cm³/mol. The van der Waals surface area contributed by atoms with Gasteiger partial charge in [0.1, 0.15) is 17.0 Å². The highest BCUT2D eigenvalue weighted by molar-refractivity contribution is 7.89. The number of hydrazone groups is 1. The summed E-state index contributed by atoms with van der Waals surface area (Å²) in [6.45, 7) is 10.00. The van der Waals surface area contributed by atoms with Gasteiger partial charge in [-0.05, 0) is 58.0 Å². The molecule has 0 saturated carbocycles. The molecule has 1 heterocycles. The van der Waals surface area contributed by atoms with Crippen molar-refractivity contribution in [1.82, 2.24) is 9.73 Å². The molecule has 1 atom stereocenters. The fourth-order valence-corrected chi connectivity index (χ4v) is 4.05. The lowest BCUT2D eigenvalue weighted by Gasteiger charge is -2.37. The molecule has 0 spiro atoms. The van der Waals surface area contributed by atoms with E-state index in [4.69, 9.17) is 16.3 Å². The van der Waals surface area contributed by atoms with E-state index in [9.17, 15) is 9.35 Å². The van der Waals surface area contributed by atoms with E-state index in [0.717, 1.165) is 16.8 Å². The normalized spacial score (nSPS) is 15.7. The number of hydrogen-bond donors (Lipinski definition) is 1. The molecule has 1 fully saturated rings. The fraction of sp³-hybridized carbons (Fsp3) is 0.391. The van der Waals surface area contributed by atoms with Crippen LogP contribution in [0.4, 0.5) is 10.5 Å². The molecule has 32 heavy (non-hydrogen) atoms. The van der Waals surface area contributed by atoms with Crippen molar-refractivity contribution < 1.29 is 14.1 Å². The van der Waals surface area contributed by atoms with Crippen molar-refractivity contribution in [3.05, 3.63) is 58.6 Å². The number of aryl methyl sites for hydroxylation is 1. The average Bonchev–Trinajstić information content (AvgIpc) is 2.73. The number of nitrogens with one attached hydrogen (secondary N) is 1. The average molecular weight is 477 g/mol. The molecule has 1 aliphatic heterocycles. The Balaban J connectivity index is 1.64. The zero-order chi connectivity index (χ0) is 23.3. The van der Waals surface area contributed by atoms with Gasteiger partial charge in [-0.3, -0.25) is 0 Å². The second-order valence-corrected chi connectivity index (χ2v) is 10.2. The quantitative estimate of drug-likeness (QED) is 0.394. The summed E-state index contributed by atoms with van der Waals surface area (Å²) in [5.41, 5.74) is 2.34. The first-order valence-electron chi connectivity index (χ1n) is 10.4. The summed E-state index contributed by atoms with van der Waals surface area (Å²) in [5, 5.41) is 4.76. The van der Waals surface area contributed by atoms with E-state index in [0.29, 0.717) is 36.1 Å². The maximum Gasteiger partial charge on any atom is 0.410 e. The summed E-state index contributed by atoms with van der Waals surface area (Å²) >= 11 is 4.75. The van der Waals surface area contributed by atoms with Crippen molar-refractivity contribution in [2.24, 2.45) is 5.10 Å². The Labute approximate surface area is 197 Å². The number of carbonyl (C=O) groups is 1. The van der Waals surface area contributed by atoms with Gasteiger partial charge in [0, 0.05) is 42.5 Å². The summed E-state index contributed by atoms with van der Waals surface area (Å²) in [4.78, 5) is 19.5. The maximum atomic E-state index is 12.4. The highest BCUT2D eigenvalue weighted by atomic mass is 35.5. The first-order valence-corrected chi connectivity index (χ1v) is 11.9. The molecule has 1 amide bonds. The number of halogens is 1. The molecule has 172 valence electrons. The molecular weight excluding hydrogens is 448 g/mol. The van der Waals surface area contributed by atoms with Crippen LogP contribution in [0.1, 0.15) is 31.9 Å². The number of hydrogen-bond acceptors (Lipinski definition) is 6. The van der Waals surface area contributed by atoms with Gasteiger partial charge in [0.15, 0.2) is 4.90 Å². The zero-order valence-electron chi connectivity index (χ0n) is 18.8. The van der Waals surface area contributed by atoms with Crippen LogP contribution in [0.5, 0.6) is 0 Å². The standard InChI is InChI=1S/C23H29ClN4O3S/c1-17-5-8-20(9-6-17)32(30)26-25-16-18-15-19(24)7-10-21(18)27-11-13-28(14-12-27)22(29)31-23(2,3)4/h5-10,15-16,26H,11-14H2,1-4H3/b25-16+. The van der Waals surface area contributed by atoms with Crippen molar-refractivity contribution in [2.75, 3.05) is 31.1 Å². The van der Waals surface area contributed by atoms with Gasteiger partial charge in [-0.25, -0.2) is 4.79 Å². The van der Waals surface area contributed by atoms with E-state index in [1.165, 1.54) is 0 Å². The fourth-order valence-electron chi connectivity index (χ4n) is 3.23. The highest BCUT2D eigenvalue weighted by Gasteiger charge is 2.26. The topological polar surface area (TPSA) is 80.2 Å². The van der Waals surface area contributed by atoms with Crippen LogP contribution in [0.15, 0.2) is 52.5 Å². The van der Waals surface area contributed by atoms with Gasteiger partial charge in [0.05, 0.1) is 6.21 Å². The second-order valence-electron chi connectivity index (χ2n) is 8.59. The Kier molecular flexibility index (Phi) is 7.92. The molecule has 1 unspecified atom stereocenters. The van der Waals surface area contributed by atoms with Crippen LogP contribution in [-0.2, 0) is 16.1 Å². The minimum atomic E-state index is -1.45. The molecule has 9 heteroatoms. The number of ether oxygens (including phenoxy) is 1. The van der Waals surface area contributed by atoms with Crippen LogP contribution >= 0.6 is 11.6 Å². The molecule has 2 aromatic carbocycles. The lowest BCUT2D eigenvalue weighted by Crippen LogP contribution is -2.50. The van der Waals surface area contributed by atoms with E-state index in [2.05, 4.69) is 14.8 Å². The molecule has 1 aliphatic rings. The molecule has 0 bridgehead atoms. The van der Waals surface area contributed by atoms with E-state index in [-0.39, 0.29) is 6.09 Å². The predicted octanol–water partition coefficient (Wildman–Crippen LogP) is 4.35. The van der Waals surface area contributed by atoms with Crippen LogP contribution < -0.4 is 9.73 Å². The van der Waals surface area contributed by atoms with Gasteiger partial charge in [0.25, 0.3) is 0 Å². The van der Waals surface area contributed by atoms with Gasteiger partial charge in [-0.1, -0.05) is 29.3 Å². The molecule has 0 aromatic heterocycles. The van der Waals surface area contributed by atoms with Crippen molar-refractivity contribution in [3.63, 3.8) is 0 Å². The van der Waals surface area contributed by atoms with E-state index >= 15 is 0 Å². The van der Waals surface area contributed by atoms with Crippen LogP contribution in [0.25, 0.3) is 0 Å². The van der Waals surface area contributed by atoms with Crippen molar-refractivity contribution in [1.29, 1.82) is 0 Å². The van der Waals surface area contributed by atoms with E-state index in [1.54, 1.807) is 11.1 Å². The second kappa shape index (κ2) is 10.5. The van der Waals surface area contributed by atoms with Gasteiger partial charge >= 0.3 is 6.09 Å². The first kappa shape index (κ1) is 24.2. The molecule has 0 radical (unpaired) electrons. The minimum Gasteiger partial charge on any atom is -0.587 e. The largest absolute Gasteiger partial charge is 0.587 e. The lowest BCUT2D eigenvalue weighted by atomic mass is 10.1. The third-order valence-corrected chi connectivity index (χ3v) is 6.04. The smallest absolute Gasteiger partial charge is 0.410 e. The van der Waals surface area contributed by atoms with Crippen molar-refractivity contribution in [3.8, 4) is 0 Å². The number of benzene rings is 2. The van der Waals surface area contributed by atoms with Crippen LogP contribution in [0.2, 0.25) is 5.02 Å². The summed E-state index contributed by atoms with van der Waals surface area (Å²) in [7, 11) is 0. The third kappa shape index (κ3) is 6.79. The number of anilines is 1. The number of rotatable bonds is 5. The Bertz CT molecular complexity index is 955. The van der Waals surface area contributed by atoms with Crippen molar-refractivity contribution in [2.45, 2.75) is 38.2 Å². The van der Waals surface area contributed by atoms with Crippen molar-refractivity contribution >= 4 is 41.0 Å². The molecule has 3 rings (SSSR count). The summed E-state index contributed by atoms with van der Waals surface area (Å²) < 4.78 is 17.9. The molecule has 2 aromatic rings. The van der Waals surface area contributed by atoms with Crippen LogP contribution in [-0.4, -0.2) is 53.5 Å². The lowest BCUT2D eigenvalue weighted by molar-refractivity contribution is 0.0240. The minimum absolute atomic E-state index is 0.294. The molecule has 0 aliphatic carbocycles. The Morgan fingerprint density at radius 1 is 1.16 bits per heavy atom. The SMILES string of the molecule is Cc1ccc([S+]([O-])N/N=C/c2cc(Cl)ccc2N2CCN(C(=O)OC(C)(C)C)CC2)cc1. The summed E-state index contributed by atoms with van der Waals surface area (Å²) in [6.07, 6.45) is 1.32. The van der Waals surface area contributed by atoms with E-state index in [1.807, 2.05) is 70.2 Å². The number of amides is 1. The van der Waals surface area contributed by atoms with Gasteiger partial charge in [-0.15, -0.1) is 9.93 Å². The van der Waals surface area contributed by atoms with Gasteiger partial charge in [0.2, 0.25) is 0 Å². The number of carbonyl (C=O) groups excluding carboxylic acids is 1. The molecule has 1 saturated heterocycles. The molecular formula is C23H29ClN4O3S. The monoisotopic (exact) mass is 476 g/mol. The molecule has 1 N–H and O–H groups in total. The maximum absolute atomic E-state index is 12.4. The number of nitrogens with zero attached hydrogens (tertiary/aromatic N) is 3. The first-order chi connectivity index (χ1) is 15.1. The summed E-state index contributed by atoms with van der Waals surface area (Å²) in [6, 6.07) is 13.0. The van der Waals surface area contributed by atoms with Crippen LogP contribution in [0.3, 0.4) is 0 Å². The van der Waals surface area contributed by atoms with E-state index < -0.39 is 17.0 Å². The van der Waals surface area contributed by atoms with Gasteiger partial charge in [-0.2, -0.15) is 0 Å².